The van der Waals surface area contributed by atoms with E-state index in [4.69, 9.17) is 10.4 Å². The van der Waals surface area contributed by atoms with Crippen molar-refractivity contribution < 1.29 is 5.11 Å². The Bertz CT molecular complexity index is 270. The fourth-order valence-electron chi connectivity index (χ4n) is 0.959. The third-order valence-electron chi connectivity index (χ3n) is 1.41. The maximum Gasteiger partial charge on any atom is 0.120 e. The van der Waals surface area contributed by atoms with Crippen molar-refractivity contribution in [1.29, 1.82) is 5.26 Å². The van der Waals surface area contributed by atoms with E-state index >= 15 is 0 Å². The van der Waals surface area contributed by atoms with Crippen molar-refractivity contribution in [2.45, 2.75) is 19.6 Å². The smallest absolute Gasteiger partial charge is 0.120 e. The predicted octanol–water partition coefficient (Wildman–Crippen LogP) is 0.741. The SMILES string of the molecule is C[C@H](O)Cn1cccc1C#N. The molecule has 1 atom stereocenters. The zero-order chi connectivity index (χ0) is 8.27. The summed E-state index contributed by atoms with van der Waals surface area (Å²) in [5.74, 6) is 0. The summed E-state index contributed by atoms with van der Waals surface area (Å²) in [4.78, 5) is 0. The molecule has 1 aromatic rings. The molecule has 0 aliphatic rings. The molecule has 1 heterocycles. The molecule has 0 saturated heterocycles. The third kappa shape index (κ3) is 1.82. The van der Waals surface area contributed by atoms with Gasteiger partial charge in [0, 0.05) is 12.7 Å². The van der Waals surface area contributed by atoms with E-state index < -0.39 is 6.10 Å². The Balaban J connectivity index is 2.79. The number of rotatable bonds is 2. The van der Waals surface area contributed by atoms with Crippen LogP contribution < -0.4 is 0 Å². The van der Waals surface area contributed by atoms with Gasteiger partial charge in [0.25, 0.3) is 0 Å². The molecule has 3 nitrogen and oxygen atoms in total. The maximum atomic E-state index is 9.01. The van der Waals surface area contributed by atoms with E-state index in [2.05, 4.69) is 0 Å². The first-order valence-electron chi connectivity index (χ1n) is 3.47. The highest BCUT2D eigenvalue weighted by Crippen LogP contribution is 2.01. The highest BCUT2D eigenvalue weighted by atomic mass is 16.3. The van der Waals surface area contributed by atoms with E-state index in [-0.39, 0.29) is 0 Å². The molecular formula is C8H10N2O. The van der Waals surface area contributed by atoms with Gasteiger partial charge in [-0.05, 0) is 19.1 Å². The highest BCUT2D eigenvalue weighted by Gasteiger charge is 2.01. The van der Waals surface area contributed by atoms with Crippen LogP contribution in [-0.4, -0.2) is 15.8 Å². The van der Waals surface area contributed by atoms with E-state index in [0.29, 0.717) is 12.2 Å². The minimum Gasteiger partial charge on any atom is -0.392 e. The van der Waals surface area contributed by atoms with Gasteiger partial charge in [-0.1, -0.05) is 0 Å². The normalized spacial score (nSPS) is 12.5. The lowest BCUT2D eigenvalue weighted by atomic mass is 10.4. The average molecular weight is 150 g/mol. The molecule has 0 saturated carbocycles. The van der Waals surface area contributed by atoms with Crippen molar-refractivity contribution in [3.05, 3.63) is 24.0 Å². The molecule has 0 aliphatic carbocycles. The lowest BCUT2D eigenvalue weighted by Gasteiger charge is -2.05. The fourth-order valence-corrected chi connectivity index (χ4v) is 0.959. The Morgan fingerprint density at radius 2 is 2.55 bits per heavy atom. The van der Waals surface area contributed by atoms with Gasteiger partial charge < -0.3 is 9.67 Å². The van der Waals surface area contributed by atoms with E-state index in [0.717, 1.165) is 0 Å². The van der Waals surface area contributed by atoms with Crippen molar-refractivity contribution in [2.24, 2.45) is 0 Å². The molecule has 0 fully saturated rings. The Hall–Kier alpha value is -1.27. The van der Waals surface area contributed by atoms with Gasteiger partial charge >= 0.3 is 0 Å². The van der Waals surface area contributed by atoms with Crippen LogP contribution in [0.15, 0.2) is 18.3 Å². The summed E-state index contributed by atoms with van der Waals surface area (Å²) in [7, 11) is 0. The first kappa shape index (κ1) is 7.83. The van der Waals surface area contributed by atoms with Gasteiger partial charge in [0.05, 0.1) is 6.10 Å². The van der Waals surface area contributed by atoms with Crippen LogP contribution in [0.25, 0.3) is 0 Å². The van der Waals surface area contributed by atoms with Crippen molar-refractivity contribution in [3.63, 3.8) is 0 Å². The number of aliphatic hydroxyl groups excluding tert-OH is 1. The molecule has 0 spiro atoms. The predicted molar refractivity (Wildman–Crippen MR) is 40.8 cm³/mol. The van der Waals surface area contributed by atoms with Crippen LogP contribution in [0.1, 0.15) is 12.6 Å². The van der Waals surface area contributed by atoms with Crippen LogP contribution >= 0.6 is 0 Å². The Labute approximate surface area is 65.5 Å². The Morgan fingerprint density at radius 1 is 1.82 bits per heavy atom. The standard InChI is InChI=1S/C8H10N2O/c1-7(11)6-10-4-2-3-8(10)5-9/h2-4,7,11H,6H2,1H3/t7-/m0/s1. The summed E-state index contributed by atoms with van der Waals surface area (Å²) in [6.45, 7) is 2.18. The monoisotopic (exact) mass is 150 g/mol. The second kappa shape index (κ2) is 3.22. The molecule has 0 aromatic carbocycles. The molecule has 0 radical (unpaired) electrons. The summed E-state index contributed by atoms with van der Waals surface area (Å²) >= 11 is 0. The maximum absolute atomic E-state index is 9.01. The molecule has 0 amide bonds. The summed E-state index contributed by atoms with van der Waals surface area (Å²) in [6.07, 6.45) is 1.38. The van der Waals surface area contributed by atoms with Crippen LogP contribution in [0, 0.1) is 11.3 Å². The van der Waals surface area contributed by atoms with Crippen molar-refractivity contribution in [3.8, 4) is 6.07 Å². The topological polar surface area (TPSA) is 49.0 Å². The zero-order valence-corrected chi connectivity index (χ0v) is 6.36. The van der Waals surface area contributed by atoms with Gasteiger partial charge in [0.1, 0.15) is 11.8 Å². The van der Waals surface area contributed by atoms with Gasteiger partial charge in [-0.3, -0.25) is 0 Å². The second-order valence-corrected chi connectivity index (χ2v) is 2.51. The van der Waals surface area contributed by atoms with Crippen molar-refractivity contribution >= 4 is 0 Å². The van der Waals surface area contributed by atoms with Crippen LogP contribution in [0.5, 0.6) is 0 Å². The highest BCUT2D eigenvalue weighted by molar-refractivity contribution is 5.21. The van der Waals surface area contributed by atoms with Gasteiger partial charge in [0.2, 0.25) is 0 Å². The number of hydrogen-bond acceptors (Lipinski definition) is 2. The Kier molecular flexibility index (Phi) is 2.29. The van der Waals surface area contributed by atoms with E-state index in [1.807, 2.05) is 6.07 Å². The summed E-state index contributed by atoms with van der Waals surface area (Å²) in [6, 6.07) is 5.55. The molecule has 58 valence electrons. The lowest BCUT2D eigenvalue weighted by Crippen LogP contribution is -2.11. The van der Waals surface area contributed by atoms with Crippen molar-refractivity contribution in [1.82, 2.24) is 4.57 Å². The summed E-state index contributed by atoms with van der Waals surface area (Å²) < 4.78 is 1.73. The van der Waals surface area contributed by atoms with Gasteiger partial charge in [-0.2, -0.15) is 5.26 Å². The van der Waals surface area contributed by atoms with Crippen LogP contribution in [0.2, 0.25) is 0 Å². The van der Waals surface area contributed by atoms with E-state index in [1.165, 1.54) is 0 Å². The number of aliphatic hydroxyl groups is 1. The molecule has 1 aromatic heterocycles. The second-order valence-electron chi connectivity index (χ2n) is 2.51. The fraction of sp³-hybridized carbons (Fsp3) is 0.375. The van der Waals surface area contributed by atoms with Crippen LogP contribution in [0.4, 0.5) is 0 Å². The molecule has 0 aliphatic heterocycles. The molecule has 1 rings (SSSR count). The van der Waals surface area contributed by atoms with Gasteiger partial charge in [-0.15, -0.1) is 0 Å². The Morgan fingerprint density at radius 3 is 3.09 bits per heavy atom. The number of nitriles is 1. The van der Waals surface area contributed by atoms with E-state index in [1.54, 1.807) is 29.8 Å². The number of hydrogen-bond donors (Lipinski definition) is 1. The first-order chi connectivity index (χ1) is 5.24. The zero-order valence-electron chi connectivity index (χ0n) is 6.36. The number of aromatic nitrogens is 1. The quantitative estimate of drug-likeness (QED) is 0.676. The van der Waals surface area contributed by atoms with Crippen LogP contribution in [-0.2, 0) is 6.54 Å². The molecule has 3 heteroatoms. The van der Waals surface area contributed by atoms with Crippen LogP contribution in [0.3, 0.4) is 0 Å². The minimum atomic E-state index is -0.408. The van der Waals surface area contributed by atoms with Crippen molar-refractivity contribution in [2.75, 3.05) is 0 Å². The van der Waals surface area contributed by atoms with Gasteiger partial charge in [-0.25, -0.2) is 0 Å². The molecule has 0 bridgehead atoms. The molecule has 1 N–H and O–H groups in total. The summed E-state index contributed by atoms with van der Waals surface area (Å²) in [5, 5.41) is 17.6. The molecular weight excluding hydrogens is 140 g/mol. The first-order valence-corrected chi connectivity index (χ1v) is 3.47. The summed E-state index contributed by atoms with van der Waals surface area (Å²) in [5.41, 5.74) is 0.589. The molecule has 11 heavy (non-hydrogen) atoms. The minimum absolute atomic E-state index is 0.408. The largest absolute Gasteiger partial charge is 0.392 e. The third-order valence-corrected chi connectivity index (χ3v) is 1.41. The molecule has 0 unspecified atom stereocenters. The lowest BCUT2D eigenvalue weighted by molar-refractivity contribution is 0.173. The van der Waals surface area contributed by atoms with Gasteiger partial charge in [0.15, 0.2) is 0 Å². The number of nitrogens with zero attached hydrogens (tertiary/aromatic N) is 2. The van der Waals surface area contributed by atoms with E-state index in [9.17, 15) is 0 Å². The average Bonchev–Trinajstić information content (AvgIpc) is 2.34.